The minimum atomic E-state index is -0.697. The van der Waals surface area contributed by atoms with E-state index in [1.165, 1.54) is 12.1 Å². The fourth-order valence-corrected chi connectivity index (χ4v) is 4.64. The highest BCUT2D eigenvalue weighted by atomic mass is 19.1. The van der Waals surface area contributed by atoms with E-state index in [2.05, 4.69) is 17.6 Å². The first-order valence-electron chi connectivity index (χ1n) is 12.6. The van der Waals surface area contributed by atoms with Crippen molar-refractivity contribution < 1.29 is 18.7 Å². The van der Waals surface area contributed by atoms with Crippen molar-refractivity contribution in [3.05, 3.63) is 89.7 Å². The van der Waals surface area contributed by atoms with Gasteiger partial charge in [-0.2, -0.15) is 0 Å². The molecule has 0 radical (unpaired) electrons. The number of carbonyl (C=O) groups is 2. The zero-order valence-corrected chi connectivity index (χ0v) is 21.8. The van der Waals surface area contributed by atoms with Crippen LogP contribution in [0.25, 0.3) is 0 Å². The van der Waals surface area contributed by atoms with Gasteiger partial charge in [0.2, 0.25) is 0 Å². The van der Waals surface area contributed by atoms with Crippen LogP contribution in [-0.4, -0.2) is 23.1 Å². The summed E-state index contributed by atoms with van der Waals surface area (Å²) in [6, 6.07) is 21.2. The molecule has 0 aliphatic carbocycles. The lowest BCUT2D eigenvalue weighted by Gasteiger charge is -2.31. The van der Waals surface area contributed by atoms with Crippen molar-refractivity contribution in [3.8, 4) is 0 Å². The molecular formula is C30H34FN3O3. The van der Waals surface area contributed by atoms with Gasteiger partial charge in [-0.1, -0.05) is 55.8 Å². The van der Waals surface area contributed by atoms with E-state index in [-0.39, 0.29) is 24.5 Å². The molecular weight excluding hydrogens is 469 g/mol. The Labute approximate surface area is 217 Å². The maximum Gasteiger partial charge on any atom is 0.310 e. The van der Waals surface area contributed by atoms with E-state index in [4.69, 9.17) is 4.74 Å². The number of hydrogen-bond acceptors (Lipinski definition) is 5. The quantitative estimate of drug-likeness (QED) is 0.333. The highest BCUT2D eigenvalue weighted by molar-refractivity contribution is 6.06. The minimum absolute atomic E-state index is 0.00951. The second-order valence-electron chi connectivity index (χ2n) is 10.4. The van der Waals surface area contributed by atoms with Crippen molar-refractivity contribution in [2.45, 2.75) is 64.8 Å². The molecule has 1 atom stereocenters. The van der Waals surface area contributed by atoms with Crippen molar-refractivity contribution in [1.82, 2.24) is 0 Å². The zero-order valence-electron chi connectivity index (χ0n) is 21.8. The van der Waals surface area contributed by atoms with Crippen LogP contribution in [0.1, 0.15) is 62.9 Å². The number of esters is 1. The maximum atomic E-state index is 14.6. The second kappa shape index (κ2) is 10.6. The first-order chi connectivity index (χ1) is 17.6. The van der Waals surface area contributed by atoms with Crippen molar-refractivity contribution >= 4 is 28.9 Å². The standard InChI is InChI=1S/C30H34FN3O3/c1-5-17-30(19-27(35)37-29(2,3)4)32-25-16-15-22(18-26(25)33-30)34(20-21-11-7-6-8-12-21)28(36)23-13-9-10-14-24(23)31/h6-16,18,32-33H,5,17,19-20H2,1-4H3. The number of fused-ring (bicyclic) bond motifs is 1. The summed E-state index contributed by atoms with van der Waals surface area (Å²) < 4.78 is 20.2. The zero-order chi connectivity index (χ0) is 26.6. The molecule has 7 heteroatoms. The number of amides is 1. The number of nitrogens with zero attached hydrogens (tertiary/aromatic N) is 1. The van der Waals surface area contributed by atoms with Gasteiger partial charge in [-0.15, -0.1) is 0 Å². The first kappa shape index (κ1) is 26.2. The number of nitrogens with one attached hydrogen (secondary N) is 2. The normalized spacial score (nSPS) is 16.4. The number of hydrogen-bond donors (Lipinski definition) is 2. The monoisotopic (exact) mass is 503 g/mol. The van der Waals surface area contributed by atoms with Crippen LogP contribution in [0.2, 0.25) is 0 Å². The maximum absolute atomic E-state index is 14.6. The Morgan fingerprint density at radius 2 is 1.62 bits per heavy atom. The lowest BCUT2D eigenvalue weighted by molar-refractivity contribution is -0.155. The molecule has 1 heterocycles. The topological polar surface area (TPSA) is 70.7 Å². The average molecular weight is 504 g/mol. The van der Waals surface area contributed by atoms with Gasteiger partial charge in [0.05, 0.1) is 29.9 Å². The van der Waals surface area contributed by atoms with Crippen LogP contribution in [0.15, 0.2) is 72.8 Å². The fraction of sp³-hybridized carbons (Fsp3) is 0.333. The molecule has 0 saturated carbocycles. The number of halogens is 1. The molecule has 3 aromatic rings. The van der Waals surface area contributed by atoms with E-state index >= 15 is 0 Å². The average Bonchev–Trinajstić information content (AvgIpc) is 3.18. The van der Waals surface area contributed by atoms with Crippen LogP contribution in [-0.2, 0) is 16.1 Å². The van der Waals surface area contributed by atoms with Gasteiger partial charge in [-0.05, 0) is 63.1 Å². The van der Waals surface area contributed by atoms with E-state index in [1.54, 1.807) is 17.0 Å². The molecule has 0 spiro atoms. The predicted octanol–water partition coefficient (Wildman–Crippen LogP) is 6.74. The van der Waals surface area contributed by atoms with Crippen LogP contribution in [0.3, 0.4) is 0 Å². The van der Waals surface area contributed by atoms with Crippen molar-refractivity contribution in [2.75, 3.05) is 15.5 Å². The van der Waals surface area contributed by atoms with Crippen molar-refractivity contribution in [1.29, 1.82) is 0 Å². The highest BCUT2D eigenvalue weighted by Crippen LogP contribution is 2.41. The third kappa shape index (κ3) is 6.28. The molecule has 4 rings (SSSR count). The number of rotatable bonds is 8. The van der Waals surface area contributed by atoms with E-state index in [0.29, 0.717) is 12.1 Å². The van der Waals surface area contributed by atoms with Gasteiger partial charge >= 0.3 is 5.97 Å². The summed E-state index contributed by atoms with van der Waals surface area (Å²) in [6.07, 6.45) is 1.68. The molecule has 37 heavy (non-hydrogen) atoms. The highest BCUT2D eigenvalue weighted by Gasteiger charge is 2.39. The molecule has 0 saturated heterocycles. The summed E-state index contributed by atoms with van der Waals surface area (Å²) in [5.74, 6) is -1.29. The van der Waals surface area contributed by atoms with Gasteiger partial charge in [0.15, 0.2) is 0 Å². The summed E-state index contributed by atoms with van der Waals surface area (Å²) >= 11 is 0. The van der Waals surface area contributed by atoms with E-state index in [1.807, 2.05) is 69.3 Å². The van der Waals surface area contributed by atoms with Gasteiger partial charge in [0.25, 0.3) is 5.91 Å². The molecule has 194 valence electrons. The predicted molar refractivity (Wildman–Crippen MR) is 145 cm³/mol. The number of ether oxygens (including phenoxy) is 1. The molecule has 1 amide bonds. The van der Waals surface area contributed by atoms with Crippen LogP contribution in [0.4, 0.5) is 21.5 Å². The summed E-state index contributed by atoms with van der Waals surface area (Å²) in [7, 11) is 0. The SMILES string of the molecule is CCCC1(CC(=O)OC(C)(C)C)Nc2ccc(N(Cc3ccccc3)C(=O)c3ccccc3F)cc2N1. The van der Waals surface area contributed by atoms with Gasteiger partial charge in [0.1, 0.15) is 17.1 Å². The van der Waals surface area contributed by atoms with Crippen LogP contribution < -0.4 is 15.5 Å². The minimum Gasteiger partial charge on any atom is -0.460 e. The Hall–Kier alpha value is -3.87. The summed E-state index contributed by atoms with van der Waals surface area (Å²) in [5.41, 5.74) is 1.88. The Balaban J connectivity index is 1.65. The Kier molecular flexibility index (Phi) is 7.52. The number of anilines is 3. The van der Waals surface area contributed by atoms with E-state index < -0.39 is 23.0 Å². The van der Waals surface area contributed by atoms with Crippen molar-refractivity contribution in [3.63, 3.8) is 0 Å². The first-order valence-corrected chi connectivity index (χ1v) is 12.6. The summed E-state index contributed by atoms with van der Waals surface area (Å²) in [4.78, 5) is 27.9. The molecule has 1 aliphatic heterocycles. The largest absolute Gasteiger partial charge is 0.460 e. The van der Waals surface area contributed by atoms with Gasteiger partial charge in [0, 0.05) is 5.69 Å². The lowest BCUT2D eigenvalue weighted by atomic mass is 10.0. The third-order valence-corrected chi connectivity index (χ3v) is 6.14. The van der Waals surface area contributed by atoms with Crippen LogP contribution >= 0.6 is 0 Å². The summed E-state index contributed by atoms with van der Waals surface area (Å²) in [6.45, 7) is 7.88. The number of carbonyl (C=O) groups excluding carboxylic acids is 2. The molecule has 0 aromatic heterocycles. The Morgan fingerprint density at radius 3 is 2.30 bits per heavy atom. The third-order valence-electron chi connectivity index (χ3n) is 6.14. The molecule has 1 aliphatic rings. The molecule has 6 nitrogen and oxygen atoms in total. The van der Waals surface area contributed by atoms with Gasteiger partial charge in [-0.25, -0.2) is 4.39 Å². The Morgan fingerprint density at radius 1 is 0.946 bits per heavy atom. The van der Waals surface area contributed by atoms with Crippen LogP contribution in [0.5, 0.6) is 0 Å². The molecule has 0 bridgehead atoms. The van der Waals surface area contributed by atoms with Gasteiger partial charge < -0.3 is 20.3 Å². The lowest BCUT2D eigenvalue weighted by Crippen LogP contribution is -2.45. The second-order valence-corrected chi connectivity index (χ2v) is 10.4. The summed E-state index contributed by atoms with van der Waals surface area (Å²) in [5, 5.41) is 6.97. The van der Waals surface area contributed by atoms with E-state index in [9.17, 15) is 14.0 Å². The molecule has 2 N–H and O–H groups in total. The van der Waals surface area contributed by atoms with Gasteiger partial charge in [-0.3, -0.25) is 9.59 Å². The Bertz CT molecular complexity index is 1270. The molecule has 0 fully saturated rings. The van der Waals surface area contributed by atoms with E-state index in [0.717, 1.165) is 23.4 Å². The molecule has 1 unspecified atom stereocenters. The smallest absolute Gasteiger partial charge is 0.310 e. The fourth-order valence-electron chi connectivity index (χ4n) is 4.64. The van der Waals surface area contributed by atoms with Crippen molar-refractivity contribution in [2.24, 2.45) is 0 Å². The molecule has 3 aromatic carbocycles. The number of benzene rings is 3. The van der Waals surface area contributed by atoms with Crippen LogP contribution in [0, 0.1) is 5.82 Å².